The minimum atomic E-state index is -0.315. The molecule has 1 aliphatic rings. The molecule has 1 aromatic carbocycles. The summed E-state index contributed by atoms with van der Waals surface area (Å²) in [7, 11) is 0. The maximum absolute atomic E-state index is 12.0. The quantitative estimate of drug-likeness (QED) is 0.637. The van der Waals surface area contributed by atoms with Crippen LogP contribution in [0.3, 0.4) is 0 Å². The maximum Gasteiger partial charge on any atom is 0.253 e. The third-order valence-corrected chi connectivity index (χ3v) is 3.52. The number of benzene rings is 1. The van der Waals surface area contributed by atoms with Gasteiger partial charge >= 0.3 is 0 Å². The summed E-state index contributed by atoms with van der Waals surface area (Å²) in [4.78, 5) is 36.2. The molecule has 1 heterocycles. The van der Waals surface area contributed by atoms with E-state index in [9.17, 15) is 14.4 Å². The van der Waals surface area contributed by atoms with Crippen LogP contribution in [0.1, 0.15) is 23.2 Å². The van der Waals surface area contributed by atoms with Crippen LogP contribution in [0.25, 0.3) is 0 Å². The van der Waals surface area contributed by atoms with Gasteiger partial charge in [-0.3, -0.25) is 14.4 Å². The molecule has 0 atom stereocenters. The molecule has 0 aromatic heterocycles. The molecule has 6 nitrogen and oxygen atoms in total. The molecule has 1 saturated heterocycles. The van der Waals surface area contributed by atoms with Crippen molar-refractivity contribution in [1.82, 2.24) is 10.2 Å². The topological polar surface area (TPSA) is 92.5 Å². The van der Waals surface area contributed by atoms with E-state index in [-0.39, 0.29) is 24.0 Å². The standard InChI is InChI=1S/C14H16ClN3O3/c15-9-1-2-11(12(16)7-9)14(21)17-4-6-18-5-3-10(19)8-13(18)20/h1-2,7H,3-6,8,16H2,(H,17,21). The van der Waals surface area contributed by atoms with E-state index in [0.29, 0.717) is 42.3 Å². The Balaban J connectivity index is 1.84. The largest absolute Gasteiger partial charge is 0.398 e. The molecule has 0 radical (unpaired) electrons. The first-order valence-corrected chi connectivity index (χ1v) is 6.98. The van der Waals surface area contributed by atoms with Gasteiger partial charge in [-0.1, -0.05) is 11.6 Å². The van der Waals surface area contributed by atoms with E-state index >= 15 is 0 Å². The molecule has 0 spiro atoms. The van der Waals surface area contributed by atoms with Crippen LogP contribution in [0.15, 0.2) is 18.2 Å². The lowest BCUT2D eigenvalue weighted by Crippen LogP contribution is -2.43. The number of nitrogens with zero attached hydrogens (tertiary/aromatic N) is 1. The Morgan fingerprint density at radius 1 is 1.38 bits per heavy atom. The van der Waals surface area contributed by atoms with Crippen molar-refractivity contribution in [1.29, 1.82) is 0 Å². The molecule has 21 heavy (non-hydrogen) atoms. The van der Waals surface area contributed by atoms with Crippen LogP contribution in [0.5, 0.6) is 0 Å². The summed E-state index contributed by atoms with van der Waals surface area (Å²) in [5, 5.41) is 3.16. The Kier molecular flexibility index (Phi) is 4.80. The van der Waals surface area contributed by atoms with Gasteiger partial charge < -0.3 is 16.0 Å². The Morgan fingerprint density at radius 3 is 2.81 bits per heavy atom. The van der Waals surface area contributed by atoms with Crippen LogP contribution in [0.4, 0.5) is 5.69 Å². The zero-order chi connectivity index (χ0) is 15.4. The van der Waals surface area contributed by atoms with Gasteiger partial charge in [0.05, 0.1) is 12.0 Å². The summed E-state index contributed by atoms with van der Waals surface area (Å²) in [6, 6.07) is 4.65. The Morgan fingerprint density at radius 2 is 2.14 bits per heavy atom. The molecule has 1 fully saturated rings. The van der Waals surface area contributed by atoms with Crippen molar-refractivity contribution in [3.05, 3.63) is 28.8 Å². The van der Waals surface area contributed by atoms with Gasteiger partial charge in [0.25, 0.3) is 5.91 Å². The number of carbonyl (C=O) groups excluding carboxylic acids is 3. The second-order valence-electron chi connectivity index (χ2n) is 4.83. The predicted molar refractivity (Wildman–Crippen MR) is 79.0 cm³/mol. The fourth-order valence-electron chi connectivity index (χ4n) is 2.13. The van der Waals surface area contributed by atoms with E-state index in [1.54, 1.807) is 17.0 Å². The molecular formula is C14H16ClN3O3. The van der Waals surface area contributed by atoms with Crippen LogP contribution < -0.4 is 11.1 Å². The summed E-state index contributed by atoms with van der Waals surface area (Å²) in [5.74, 6) is -0.537. The average Bonchev–Trinajstić information content (AvgIpc) is 2.41. The molecule has 1 aromatic rings. The van der Waals surface area contributed by atoms with E-state index in [1.807, 2.05) is 0 Å². The number of halogens is 1. The number of rotatable bonds is 4. The van der Waals surface area contributed by atoms with Gasteiger partial charge in [0.1, 0.15) is 5.78 Å². The summed E-state index contributed by atoms with van der Waals surface area (Å²) in [5.41, 5.74) is 6.38. The first-order valence-electron chi connectivity index (χ1n) is 6.60. The zero-order valence-corrected chi connectivity index (χ0v) is 12.2. The van der Waals surface area contributed by atoms with Crippen molar-refractivity contribution < 1.29 is 14.4 Å². The predicted octanol–water partition coefficient (Wildman–Crippen LogP) is 0.843. The number of nitrogens with one attached hydrogen (secondary N) is 1. The number of nitrogen functional groups attached to an aromatic ring is 1. The summed E-state index contributed by atoms with van der Waals surface area (Å²) in [6.07, 6.45) is 0.335. The Labute approximate surface area is 127 Å². The Hall–Kier alpha value is -2.08. The molecular weight excluding hydrogens is 294 g/mol. The molecule has 0 unspecified atom stereocenters. The number of amides is 2. The fraction of sp³-hybridized carbons (Fsp3) is 0.357. The number of hydrogen-bond acceptors (Lipinski definition) is 4. The molecule has 1 aliphatic heterocycles. The van der Waals surface area contributed by atoms with Crippen LogP contribution in [0.2, 0.25) is 5.02 Å². The summed E-state index contributed by atoms with van der Waals surface area (Å²) >= 11 is 5.77. The first-order chi connectivity index (χ1) is 9.97. The van der Waals surface area contributed by atoms with Gasteiger partial charge in [0.2, 0.25) is 5.91 Å². The third kappa shape index (κ3) is 3.95. The lowest BCUT2D eigenvalue weighted by molar-refractivity contribution is -0.139. The van der Waals surface area contributed by atoms with E-state index in [0.717, 1.165) is 0 Å². The normalized spacial score (nSPS) is 15.2. The number of piperidine rings is 1. The van der Waals surface area contributed by atoms with Gasteiger partial charge in [-0.15, -0.1) is 0 Å². The number of anilines is 1. The molecule has 2 rings (SSSR count). The van der Waals surface area contributed by atoms with Crippen molar-refractivity contribution in [2.24, 2.45) is 0 Å². The van der Waals surface area contributed by atoms with Gasteiger partial charge in [-0.2, -0.15) is 0 Å². The SMILES string of the molecule is Nc1cc(Cl)ccc1C(=O)NCCN1CCC(=O)CC1=O. The van der Waals surface area contributed by atoms with E-state index < -0.39 is 0 Å². The number of nitrogens with two attached hydrogens (primary N) is 1. The second kappa shape index (κ2) is 6.58. The lowest BCUT2D eigenvalue weighted by Gasteiger charge is -2.26. The van der Waals surface area contributed by atoms with Crippen LogP contribution >= 0.6 is 11.6 Å². The first kappa shape index (κ1) is 15.3. The monoisotopic (exact) mass is 309 g/mol. The van der Waals surface area contributed by atoms with Crippen molar-refractivity contribution in [3.63, 3.8) is 0 Å². The average molecular weight is 310 g/mol. The highest BCUT2D eigenvalue weighted by Gasteiger charge is 2.23. The highest BCUT2D eigenvalue weighted by Crippen LogP contribution is 2.17. The molecule has 0 saturated carbocycles. The highest BCUT2D eigenvalue weighted by atomic mass is 35.5. The number of ketones is 1. The summed E-state index contributed by atoms with van der Waals surface area (Å²) in [6.45, 7) is 1.10. The molecule has 3 N–H and O–H groups in total. The molecule has 2 amide bonds. The van der Waals surface area contributed by atoms with Gasteiger partial charge in [0.15, 0.2) is 0 Å². The van der Waals surface area contributed by atoms with Crippen molar-refractivity contribution in [2.45, 2.75) is 12.8 Å². The van der Waals surface area contributed by atoms with Crippen LogP contribution in [-0.2, 0) is 9.59 Å². The number of carbonyl (C=O) groups is 3. The number of Topliss-reactive ketones (excluding diaryl/α,β-unsaturated/α-hetero) is 1. The molecule has 7 heteroatoms. The van der Waals surface area contributed by atoms with E-state index in [2.05, 4.69) is 5.32 Å². The third-order valence-electron chi connectivity index (χ3n) is 3.29. The minimum Gasteiger partial charge on any atom is -0.398 e. The number of likely N-dealkylation sites (tertiary alicyclic amines) is 1. The molecule has 0 bridgehead atoms. The molecule has 112 valence electrons. The summed E-state index contributed by atoms with van der Waals surface area (Å²) < 4.78 is 0. The number of hydrogen-bond donors (Lipinski definition) is 2. The van der Waals surface area contributed by atoms with Crippen LogP contribution in [-0.4, -0.2) is 42.1 Å². The maximum atomic E-state index is 12.0. The second-order valence-corrected chi connectivity index (χ2v) is 5.27. The van der Waals surface area contributed by atoms with Gasteiger partial charge in [-0.25, -0.2) is 0 Å². The fourth-order valence-corrected chi connectivity index (χ4v) is 2.31. The Bertz CT molecular complexity index is 589. The van der Waals surface area contributed by atoms with Crippen LogP contribution in [0, 0.1) is 0 Å². The smallest absolute Gasteiger partial charge is 0.253 e. The lowest BCUT2D eigenvalue weighted by atomic mass is 10.1. The van der Waals surface area contributed by atoms with E-state index in [1.165, 1.54) is 6.07 Å². The van der Waals surface area contributed by atoms with Gasteiger partial charge in [-0.05, 0) is 18.2 Å². The van der Waals surface area contributed by atoms with Crippen molar-refractivity contribution in [3.8, 4) is 0 Å². The van der Waals surface area contributed by atoms with Gasteiger partial charge in [0, 0.05) is 36.8 Å². The van der Waals surface area contributed by atoms with Crippen molar-refractivity contribution in [2.75, 3.05) is 25.4 Å². The minimum absolute atomic E-state index is 0.0331. The van der Waals surface area contributed by atoms with Crippen molar-refractivity contribution >= 4 is 34.9 Å². The highest BCUT2D eigenvalue weighted by molar-refractivity contribution is 6.31. The zero-order valence-electron chi connectivity index (χ0n) is 11.4. The van der Waals surface area contributed by atoms with E-state index in [4.69, 9.17) is 17.3 Å². The molecule has 0 aliphatic carbocycles.